The van der Waals surface area contributed by atoms with Crippen molar-refractivity contribution in [3.8, 4) is 0 Å². The molecule has 1 aromatic heterocycles. The standard InChI is InChI=1S/C10H14N2O2/c1-7-9(10(13)14-2)8-5-3-4-6-12(8)11-7/h3-6H2,1-2H3. The van der Waals surface area contributed by atoms with Gasteiger partial charge in [-0.25, -0.2) is 4.79 Å². The Balaban J connectivity index is 2.47. The topological polar surface area (TPSA) is 44.1 Å². The predicted molar refractivity (Wildman–Crippen MR) is 51.2 cm³/mol. The molecule has 0 fully saturated rings. The lowest BCUT2D eigenvalue weighted by molar-refractivity contribution is 0.0598. The molecule has 0 N–H and O–H groups in total. The first-order valence-corrected chi connectivity index (χ1v) is 4.88. The average Bonchev–Trinajstić information content (AvgIpc) is 2.53. The Morgan fingerprint density at radius 2 is 2.29 bits per heavy atom. The summed E-state index contributed by atoms with van der Waals surface area (Å²) in [6, 6.07) is 0. The molecule has 1 aliphatic heterocycles. The van der Waals surface area contributed by atoms with E-state index in [4.69, 9.17) is 4.74 Å². The smallest absolute Gasteiger partial charge is 0.341 e. The summed E-state index contributed by atoms with van der Waals surface area (Å²) in [6.45, 7) is 2.78. The SMILES string of the molecule is COC(=O)c1c(C)nn2c1CCCC2. The number of hydrogen-bond donors (Lipinski definition) is 0. The summed E-state index contributed by atoms with van der Waals surface area (Å²) in [5, 5.41) is 4.34. The lowest BCUT2D eigenvalue weighted by Crippen LogP contribution is -2.14. The molecule has 2 heterocycles. The summed E-state index contributed by atoms with van der Waals surface area (Å²) in [7, 11) is 1.41. The maximum atomic E-state index is 11.5. The third-order valence-electron chi connectivity index (χ3n) is 2.66. The molecule has 2 rings (SSSR count). The number of aromatic nitrogens is 2. The van der Waals surface area contributed by atoms with Crippen molar-refractivity contribution in [3.05, 3.63) is 17.0 Å². The van der Waals surface area contributed by atoms with Gasteiger partial charge >= 0.3 is 5.97 Å². The van der Waals surface area contributed by atoms with Crippen molar-refractivity contribution in [1.82, 2.24) is 9.78 Å². The fourth-order valence-electron chi connectivity index (χ4n) is 1.99. The number of fused-ring (bicyclic) bond motifs is 1. The molecule has 0 bridgehead atoms. The highest BCUT2D eigenvalue weighted by Gasteiger charge is 2.23. The van der Waals surface area contributed by atoms with E-state index in [1.165, 1.54) is 7.11 Å². The Hall–Kier alpha value is -1.32. The van der Waals surface area contributed by atoms with E-state index >= 15 is 0 Å². The van der Waals surface area contributed by atoms with Gasteiger partial charge in [0.25, 0.3) is 0 Å². The first-order chi connectivity index (χ1) is 6.74. The summed E-state index contributed by atoms with van der Waals surface area (Å²) in [6.07, 6.45) is 3.22. The molecule has 4 nitrogen and oxygen atoms in total. The van der Waals surface area contributed by atoms with Crippen LogP contribution in [0.1, 0.15) is 34.6 Å². The zero-order valence-corrected chi connectivity index (χ0v) is 8.54. The highest BCUT2D eigenvalue weighted by Crippen LogP contribution is 2.21. The molecular weight excluding hydrogens is 180 g/mol. The summed E-state index contributed by atoms with van der Waals surface area (Å²) in [5.41, 5.74) is 2.50. The summed E-state index contributed by atoms with van der Waals surface area (Å²) >= 11 is 0. The van der Waals surface area contributed by atoms with Crippen LogP contribution >= 0.6 is 0 Å². The Labute approximate surface area is 82.9 Å². The fraction of sp³-hybridized carbons (Fsp3) is 0.600. The van der Waals surface area contributed by atoms with Gasteiger partial charge in [0.1, 0.15) is 5.56 Å². The van der Waals surface area contributed by atoms with Crippen LogP contribution in [0.4, 0.5) is 0 Å². The van der Waals surface area contributed by atoms with Crippen LogP contribution in [0.3, 0.4) is 0 Å². The van der Waals surface area contributed by atoms with Gasteiger partial charge in [-0.15, -0.1) is 0 Å². The molecule has 76 valence electrons. The number of nitrogens with zero attached hydrogens (tertiary/aromatic N) is 2. The van der Waals surface area contributed by atoms with Crippen LogP contribution in [0.25, 0.3) is 0 Å². The van der Waals surface area contributed by atoms with Crippen LogP contribution in [-0.4, -0.2) is 22.9 Å². The quantitative estimate of drug-likeness (QED) is 0.633. The molecule has 0 atom stereocenters. The Kier molecular flexibility index (Phi) is 2.27. The highest BCUT2D eigenvalue weighted by atomic mass is 16.5. The Morgan fingerprint density at radius 1 is 1.50 bits per heavy atom. The van der Waals surface area contributed by atoms with Crippen LogP contribution < -0.4 is 0 Å². The van der Waals surface area contributed by atoms with Gasteiger partial charge in [-0.1, -0.05) is 0 Å². The van der Waals surface area contributed by atoms with E-state index in [9.17, 15) is 4.79 Å². The summed E-state index contributed by atoms with van der Waals surface area (Å²) in [4.78, 5) is 11.5. The van der Waals surface area contributed by atoms with E-state index in [2.05, 4.69) is 5.10 Å². The molecule has 14 heavy (non-hydrogen) atoms. The second kappa shape index (κ2) is 3.44. The maximum Gasteiger partial charge on any atom is 0.341 e. The second-order valence-corrected chi connectivity index (χ2v) is 3.58. The van der Waals surface area contributed by atoms with E-state index in [1.807, 2.05) is 11.6 Å². The first-order valence-electron chi connectivity index (χ1n) is 4.88. The molecule has 0 saturated heterocycles. The van der Waals surface area contributed by atoms with Gasteiger partial charge in [-0.2, -0.15) is 5.10 Å². The Bertz CT molecular complexity index is 368. The molecule has 4 heteroatoms. The van der Waals surface area contributed by atoms with Crippen molar-refractivity contribution in [3.63, 3.8) is 0 Å². The van der Waals surface area contributed by atoms with Gasteiger partial charge in [-0.3, -0.25) is 4.68 Å². The van der Waals surface area contributed by atoms with Gasteiger partial charge < -0.3 is 4.74 Å². The van der Waals surface area contributed by atoms with E-state index < -0.39 is 0 Å². The third kappa shape index (κ3) is 1.31. The van der Waals surface area contributed by atoms with Crippen molar-refractivity contribution in [2.24, 2.45) is 0 Å². The summed E-state index contributed by atoms with van der Waals surface area (Å²) in [5.74, 6) is -0.259. The van der Waals surface area contributed by atoms with Gasteiger partial charge in [0, 0.05) is 6.54 Å². The zero-order chi connectivity index (χ0) is 10.1. The molecule has 0 aromatic carbocycles. The van der Waals surface area contributed by atoms with E-state index in [-0.39, 0.29) is 5.97 Å². The number of rotatable bonds is 1. The lowest BCUT2D eigenvalue weighted by Gasteiger charge is -2.13. The van der Waals surface area contributed by atoms with E-state index in [0.29, 0.717) is 5.56 Å². The van der Waals surface area contributed by atoms with Crippen molar-refractivity contribution in [2.75, 3.05) is 7.11 Å². The number of methoxy groups -OCH3 is 1. The lowest BCUT2D eigenvalue weighted by atomic mass is 10.1. The van der Waals surface area contributed by atoms with Gasteiger partial charge in [0.15, 0.2) is 0 Å². The van der Waals surface area contributed by atoms with Crippen LogP contribution in [0.2, 0.25) is 0 Å². The summed E-state index contributed by atoms with van der Waals surface area (Å²) < 4.78 is 6.68. The number of ether oxygens (including phenoxy) is 1. The molecule has 1 aromatic rings. The van der Waals surface area contributed by atoms with E-state index in [0.717, 1.165) is 37.2 Å². The van der Waals surface area contributed by atoms with Crippen LogP contribution in [0.15, 0.2) is 0 Å². The molecule has 0 radical (unpaired) electrons. The van der Waals surface area contributed by atoms with Crippen molar-refractivity contribution in [1.29, 1.82) is 0 Å². The van der Waals surface area contributed by atoms with Crippen molar-refractivity contribution < 1.29 is 9.53 Å². The number of hydrogen-bond acceptors (Lipinski definition) is 3. The number of carbonyl (C=O) groups excluding carboxylic acids is 1. The number of carbonyl (C=O) groups is 1. The molecule has 0 amide bonds. The normalized spacial score (nSPS) is 15.0. The minimum atomic E-state index is -0.259. The fourth-order valence-corrected chi connectivity index (χ4v) is 1.99. The second-order valence-electron chi connectivity index (χ2n) is 3.58. The van der Waals surface area contributed by atoms with E-state index in [1.54, 1.807) is 0 Å². The largest absolute Gasteiger partial charge is 0.465 e. The first kappa shape index (κ1) is 9.24. The number of esters is 1. The zero-order valence-electron chi connectivity index (χ0n) is 8.54. The minimum Gasteiger partial charge on any atom is -0.465 e. The van der Waals surface area contributed by atoms with Crippen LogP contribution in [0, 0.1) is 6.92 Å². The molecular formula is C10H14N2O2. The molecule has 0 saturated carbocycles. The molecule has 0 spiro atoms. The number of aryl methyl sites for hydroxylation is 2. The minimum absolute atomic E-state index is 0.259. The maximum absolute atomic E-state index is 11.5. The highest BCUT2D eigenvalue weighted by molar-refractivity contribution is 5.91. The average molecular weight is 194 g/mol. The van der Waals surface area contributed by atoms with Crippen LogP contribution in [0.5, 0.6) is 0 Å². The predicted octanol–water partition coefficient (Wildman–Crippen LogP) is 1.31. The van der Waals surface area contributed by atoms with Gasteiger partial charge in [0.2, 0.25) is 0 Å². The molecule has 0 unspecified atom stereocenters. The van der Waals surface area contributed by atoms with Crippen molar-refractivity contribution >= 4 is 5.97 Å². The van der Waals surface area contributed by atoms with Gasteiger partial charge in [-0.05, 0) is 26.2 Å². The Morgan fingerprint density at radius 3 is 3.00 bits per heavy atom. The molecule has 1 aliphatic rings. The third-order valence-corrected chi connectivity index (χ3v) is 2.66. The van der Waals surface area contributed by atoms with Crippen LogP contribution in [-0.2, 0) is 17.7 Å². The molecule has 0 aliphatic carbocycles. The van der Waals surface area contributed by atoms with Gasteiger partial charge in [0.05, 0.1) is 18.5 Å². The van der Waals surface area contributed by atoms with Crippen molar-refractivity contribution in [2.45, 2.75) is 32.7 Å². The monoisotopic (exact) mass is 194 g/mol.